The van der Waals surface area contributed by atoms with Gasteiger partial charge in [-0.2, -0.15) is 0 Å². The number of halogens is 4. The predicted octanol–water partition coefficient (Wildman–Crippen LogP) is 3.20. The number of ether oxygens (including phenoxy) is 1. The number of aliphatic hydroxyl groups is 1. The molecule has 32 heavy (non-hydrogen) atoms. The van der Waals surface area contributed by atoms with Gasteiger partial charge in [-0.05, 0) is 36.6 Å². The maximum atomic E-state index is 14.5. The third-order valence-electron chi connectivity index (χ3n) is 5.61. The van der Waals surface area contributed by atoms with Gasteiger partial charge in [0.25, 0.3) is 11.8 Å². The topological polar surface area (TPSA) is 70.1 Å². The molecule has 2 aliphatic rings. The van der Waals surface area contributed by atoms with E-state index in [9.17, 15) is 32.3 Å². The lowest BCUT2D eigenvalue weighted by Crippen LogP contribution is -2.53. The van der Waals surface area contributed by atoms with Crippen molar-refractivity contribution in [3.63, 3.8) is 0 Å². The van der Waals surface area contributed by atoms with Gasteiger partial charge >= 0.3 is 6.36 Å². The van der Waals surface area contributed by atoms with Crippen molar-refractivity contribution < 1.29 is 37.0 Å². The maximum Gasteiger partial charge on any atom is 0.573 e. The fourth-order valence-corrected chi connectivity index (χ4v) is 3.65. The number of rotatable bonds is 4. The summed E-state index contributed by atoms with van der Waals surface area (Å²) in [6.45, 7) is 1.27. The van der Waals surface area contributed by atoms with Crippen LogP contribution in [0.1, 0.15) is 23.2 Å². The van der Waals surface area contributed by atoms with Gasteiger partial charge in [0, 0.05) is 37.3 Å². The lowest BCUT2D eigenvalue weighted by molar-refractivity contribution is -0.275. The van der Waals surface area contributed by atoms with E-state index in [1.54, 1.807) is 9.80 Å². The molecule has 1 heterocycles. The third-order valence-corrected chi connectivity index (χ3v) is 5.61. The van der Waals surface area contributed by atoms with E-state index in [1.165, 1.54) is 36.4 Å². The van der Waals surface area contributed by atoms with Crippen LogP contribution in [0.2, 0.25) is 0 Å². The second kappa shape index (κ2) is 8.09. The van der Waals surface area contributed by atoms with Crippen LogP contribution < -0.4 is 4.74 Å². The molecule has 4 rings (SSSR count). The van der Waals surface area contributed by atoms with E-state index in [4.69, 9.17) is 0 Å². The van der Waals surface area contributed by atoms with Gasteiger partial charge in [0.1, 0.15) is 5.60 Å². The fraction of sp³-hybridized carbons (Fsp3) is 0.364. The Morgan fingerprint density at radius 1 is 0.938 bits per heavy atom. The van der Waals surface area contributed by atoms with Crippen molar-refractivity contribution in [2.24, 2.45) is 0 Å². The minimum absolute atomic E-state index is 0.0871. The van der Waals surface area contributed by atoms with E-state index in [-0.39, 0.29) is 17.4 Å². The maximum absolute atomic E-state index is 14.5. The standard InChI is InChI=1S/C22H20F4N2O4/c23-18-16(2-1-3-17(18)32-22(24,25)26)14-4-6-15(7-5-14)19(29)27-10-12-28(13-11-27)20(30)21(31)8-9-21/h1-7,31H,8-13H2. The summed E-state index contributed by atoms with van der Waals surface area (Å²) < 4.78 is 55.5. The molecule has 0 unspecified atom stereocenters. The molecule has 0 spiro atoms. The summed E-state index contributed by atoms with van der Waals surface area (Å²) in [5, 5.41) is 9.95. The summed E-state index contributed by atoms with van der Waals surface area (Å²) in [5.74, 6) is -2.66. The molecule has 1 saturated carbocycles. The SMILES string of the molecule is O=C(c1ccc(-c2cccc(OC(F)(F)F)c2F)cc1)N1CCN(C(=O)C2(O)CC2)CC1. The van der Waals surface area contributed by atoms with Crippen molar-refractivity contribution in [3.05, 3.63) is 53.8 Å². The van der Waals surface area contributed by atoms with Gasteiger partial charge in [-0.1, -0.05) is 24.3 Å². The summed E-state index contributed by atoms with van der Waals surface area (Å²) >= 11 is 0. The number of piperazine rings is 1. The van der Waals surface area contributed by atoms with Crippen molar-refractivity contribution in [1.82, 2.24) is 9.80 Å². The van der Waals surface area contributed by atoms with Crippen LogP contribution in [0, 0.1) is 5.82 Å². The van der Waals surface area contributed by atoms with Crippen LogP contribution in [-0.2, 0) is 4.79 Å². The number of carbonyl (C=O) groups excluding carboxylic acids is 2. The Morgan fingerprint density at radius 2 is 1.53 bits per heavy atom. The number of nitrogens with zero attached hydrogens (tertiary/aromatic N) is 2. The molecule has 2 amide bonds. The van der Waals surface area contributed by atoms with Gasteiger partial charge in [0.2, 0.25) is 0 Å². The number of benzene rings is 2. The first-order valence-electron chi connectivity index (χ1n) is 10.0. The Morgan fingerprint density at radius 3 is 2.09 bits per heavy atom. The van der Waals surface area contributed by atoms with E-state index >= 15 is 0 Å². The van der Waals surface area contributed by atoms with Gasteiger partial charge in [-0.15, -0.1) is 13.2 Å². The van der Waals surface area contributed by atoms with Crippen molar-refractivity contribution in [1.29, 1.82) is 0 Å². The summed E-state index contributed by atoms with van der Waals surface area (Å²) in [6, 6.07) is 9.29. The summed E-state index contributed by atoms with van der Waals surface area (Å²) in [5.41, 5.74) is -0.701. The molecule has 0 radical (unpaired) electrons. The molecule has 1 aliphatic carbocycles. The van der Waals surface area contributed by atoms with Crippen LogP contribution >= 0.6 is 0 Å². The normalized spacial score (nSPS) is 17.8. The zero-order valence-electron chi connectivity index (χ0n) is 16.9. The van der Waals surface area contributed by atoms with Gasteiger partial charge in [-0.25, -0.2) is 4.39 Å². The Kier molecular flexibility index (Phi) is 5.58. The van der Waals surface area contributed by atoms with Crippen LogP contribution in [0.5, 0.6) is 5.75 Å². The van der Waals surface area contributed by atoms with E-state index in [2.05, 4.69) is 4.74 Å². The largest absolute Gasteiger partial charge is 0.573 e. The van der Waals surface area contributed by atoms with Gasteiger partial charge in [-0.3, -0.25) is 9.59 Å². The minimum Gasteiger partial charge on any atom is -0.403 e. The van der Waals surface area contributed by atoms with Crippen LogP contribution in [-0.4, -0.2) is 64.9 Å². The highest BCUT2D eigenvalue weighted by molar-refractivity contribution is 5.95. The Hall–Kier alpha value is -3.14. The second-order valence-corrected chi connectivity index (χ2v) is 7.86. The Balaban J connectivity index is 1.43. The van der Waals surface area contributed by atoms with E-state index in [0.29, 0.717) is 50.1 Å². The molecule has 1 saturated heterocycles. The second-order valence-electron chi connectivity index (χ2n) is 7.86. The first-order valence-corrected chi connectivity index (χ1v) is 10.0. The van der Waals surface area contributed by atoms with Crippen molar-refractivity contribution in [2.75, 3.05) is 26.2 Å². The van der Waals surface area contributed by atoms with E-state index in [1.807, 2.05) is 0 Å². The number of carbonyl (C=O) groups is 2. The van der Waals surface area contributed by atoms with Gasteiger partial charge in [0.05, 0.1) is 0 Å². The molecule has 170 valence electrons. The Labute approximate surface area is 181 Å². The average molecular weight is 452 g/mol. The lowest BCUT2D eigenvalue weighted by Gasteiger charge is -2.35. The molecule has 0 aromatic heterocycles. The van der Waals surface area contributed by atoms with Crippen LogP contribution in [0.15, 0.2) is 42.5 Å². The molecular weight excluding hydrogens is 432 g/mol. The number of amides is 2. The zero-order chi connectivity index (χ0) is 23.1. The molecule has 1 aliphatic heterocycles. The molecular formula is C22H20F4N2O4. The zero-order valence-corrected chi connectivity index (χ0v) is 16.9. The number of hydrogen-bond acceptors (Lipinski definition) is 4. The molecule has 10 heteroatoms. The van der Waals surface area contributed by atoms with Crippen molar-refractivity contribution >= 4 is 11.8 Å². The van der Waals surface area contributed by atoms with Gasteiger partial charge < -0.3 is 19.6 Å². The quantitative estimate of drug-likeness (QED) is 0.724. The highest BCUT2D eigenvalue weighted by Gasteiger charge is 2.50. The highest BCUT2D eigenvalue weighted by Crippen LogP contribution is 2.37. The first-order chi connectivity index (χ1) is 15.1. The third kappa shape index (κ3) is 4.55. The monoisotopic (exact) mass is 452 g/mol. The average Bonchev–Trinajstić information content (AvgIpc) is 3.52. The summed E-state index contributed by atoms with van der Waals surface area (Å²) in [7, 11) is 0. The molecule has 6 nitrogen and oxygen atoms in total. The van der Waals surface area contributed by atoms with Crippen molar-refractivity contribution in [2.45, 2.75) is 24.8 Å². The fourth-order valence-electron chi connectivity index (χ4n) is 3.65. The van der Waals surface area contributed by atoms with Crippen LogP contribution in [0.3, 0.4) is 0 Å². The molecule has 2 aromatic rings. The van der Waals surface area contributed by atoms with E-state index in [0.717, 1.165) is 6.07 Å². The lowest BCUT2D eigenvalue weighted by atomic mass is 10.0. The smallest absolute Gasteiger partial charge is 0.403 e. The molecule has 0 atom stereocenters. The Bertz CT molecular complexity index is 1030. The highest BCUT2D eigenvalue weighted by atomic mass is 19.4. The van der Waals surface area contributed by atoms with Crippen LogP contribution in [0.4, 0.5) is 17.6 Å². The molecule has 2 fully saturated rings. The minimum atomic E-state index is -5.01. The summed E-state index contributed by atoms with van der Waals surface area (Å²) in [4.78, 5) is 28.1. The molecule has 2 aromatic carbocycles. The number of hydrogen-bond donors (Lipinski definition) is 1. The van der Waals surface area contributed by atoms with Crippen molar-refractivity contribution in [3.8, 4) is 16.9 Å². The summed E-state index contributed by atoms with van der Waals surface area (Å²) in [6.07, 6.45) is -4.09. The molecule has 0 bridgehead atoms. The van der Waals surface area contributed by atoms with E-state index < -0.39 is 23.5 Å². The molecule has 1 N–H and O–H groups in total. The number of alkyl halides is 3. The predicted molar refractivity (Wildman–Crippen MR) is 105 cm³/mol. The van der Waals surface area contributed by atoms with Gasteiger partial charge in [0.15, 0.2) is 11.6 Å². The first kappa shape index (κ1) is 22.1. The van der Waals surface area contributed by atoms with Crippen LogP contribution in [0.25, 0.3) is 11.1 Å².